The summed E-state index contributed by atoms with van der Waals surface area (Å²) >= 11 is 2.04. The molecule has 11 heavy (non-hydrogen) atoms. The summed E-state index contributed by atoms with van der Waals surface area (Å²) in [6.07, 6.45) is 0. The largest absolute Gasteiger partial charge is 0.330 e. The van der Waals surface area contributed by atoms with E-state index in [-0.39, 0.29) is 0 Å². The first-order valence-electron chi connectivity index (χ1n) is 4.15. The van der Waals surface area contributed by atoms with Gasteiger partial charge in [-0.2, -0.15) is 11.8 Å². The average Bonchev–Trinajstić information content (AvgIpc) is 1.55. The van der Waals surface area contributed by atoms with Gasteiger partial charge in [0.25, 0.3) is 0 Å². The van der Waals surface area contributed by atoms with Crippen LogP contribution >= 0.6 is 11.8 Å². The summed E-state index contributed by atoms with van der Waals surface area (Å²) < 4.78 is 1.50. The van der Waals surface area contributed by atoms with Gasteiger partial charge in [-0.05, 0) is 0 Å². The Hall–Kier alpha value is 0.310. The van der Waals surface area contributed by atoms with E-state index in [9.17, 15) is 0 Å². The molecule has 0 amide bonds. The van der Waals surface area contributed by atoms with Crippen LogP contribution in [0.4, 0.5) is 0 Å². The lowest BCUT2D eigenvalue weighted by Crippen LogP contribution is -2.37. The van der Waals surface area contributed by atoms with Gasteiger partial charge in [-0.25, -0.2) is 0 Å². The third kappa shape index (κ3) is 10.3. The summed E-state index contributed by atoms with van der Waals surface area (Å²) in [4.78, 5) is 0. The Balaban J connectivity index is 3.44. The molecule has 68 valence electrons. The fourth-order valence-electron chi connectivity index (χ4n) is 0.626. The maximum absolute atomic E-state index is 2.27. The fourth-order valence-corrected chi connectivity index (χ4v) is 1.88. The average molecular weight is 176 g/mol. The number of hydrogen-bond acceptors (Lipinski definition) is 1. The zero-order chi connectivity index (χ0) is 9.12. The number of quaternary nitrogens is 1. The molecule has 2 heteroatoms. The highest BCUT2D eigenvalue weighted by Crippen LogP contribution is 2.22. The van der Waals surface area contributed by atoms with Crippen LogP contribution in [0.1, 0.15) is 20.8 Å². The minimum absolute atomic E-state index is 0.426. The number of thioether (sulfide) groups is 1. The molecule has 0 heterocycles. The molecule has 0 bridgehead atoms. The molecule has 0 radical (unpaired) electrons. The first-order chi connectivity index (χ1) is 4.71. The molecule has 0 aromatic rings. The van der Waals surface area contributed by atoms with E-state index in [1.807, 2.05) is 11.8 Å². The van der Waals surface area contributed by atoms with Crippen molar-refractivity contribution < 1.29 is 4.48 Å². The summed E-state index contributed by atoms with van der Waals surface area (Å²) in [7, 11) is 6.72. The van der Waals surface area contributed by atoms with Gasteiger partial charge in [0.05, 0.1) is 27.7 Å². The highest BCUT2D eigenvalue weighted by atomic mass is 32.2. The first-order valence-corrected chi connectivity index (χ1v) is 5.14. The van der Waals surface area contributed by atoms with E-state index in [1.165, 1.54) is 12.3 Å². The summed E-state index contributed by atoms with van der Waals surface area (Å²) in [6, 6.07) is 0. The molecule has 0 atom stereocenters. The molecule has 0 rings (SSSR count). The normalized spacial score (nSPS) is 13.6. The third-order valence-corrected chi connectivity index (χ3v) is 2.55. The number of rotatable bonds is 3. The summed E-state index contributed by atoms with van der Waals surface area (Å²) in [6.45, 7) is 8.07. The van der Waals surface area contributed by atoms with Crippen LogP contribution in [-0.4, -0.2) is 42.7 Å². The van der Waals surface area contributed by atoms with Gasteiger partial charge in [-0.3, -0.25) is 0 Å². The molecule has 0 spiro atoms. The maximum atomic E-state index is 2.27. The minimum atomic E-state index is 0.426. The lowest BCUT2D eigenvalue weighted by molar-refractivity contribution is -0.867. The maximum Gasteiger partial charge on any atom is 0.0872 e. The van der Waals surface area contributed by atoms with Crippen LogP contribution in [0.15, 0.2) is 0 Å². The van der Waals surface area contributed by atoms with Crippen molar-refractivity contribution in [1.82, 2.24) is 0 Å². The summed E-state index contributed by atoms with van der Waals surface area (Å²) in [5.74, 6) is 1.26. The van der Waals surface area contributed by atoms with Gasteiger partial charge in [0.1, 0.15) is 0 Å². The Morgan fingerprint density at radius 3 is 1.82 bits per heavy atom. The predicted octanol–water partition coefficient (Wildman–Crippen LogP) is 2.22. The molecule has 0 N–H and O–H groups in total. The lowest BCUT2D eigenvalue weighted by atomic mass is 10.3. The highest BCUT2D eigenvalue weighted by molar-refractivity contribution is 8.00. The van der Waals surface area contributed by atoms with Crippen LogP contribution in [0.2, 0.25) is 0 Å². The van der Waals surface area contributed by atoms with Crippen molar-refractivity contribution in [1.29, 1.82) is 0 Å². The summed E-state index contributed by atoms with van der Waals surface area (Å²) in [5.41, 5.74) is 0. The predicted molar refractivity (Wildman–Crippen MR) is 55.1 cm³/mol. The SMILES string of the molecule is CC(C)(C)SCC[N+](C)(C)C. The molecule has 0 saturated carbocycles. The molecule has 0 unspecified atom stereocenters. The minimum Gasteiger partial charge on any atom is -0.330 e. The first kappa shape index (κ1) is 11.3. The molecule has 0 aliphatic rings. The van der Waals surface area contributed by atoms with Crippen molar-refractivity contribution in [2.45, 2.75) is 25.5 Å². The second kappa shape index (κ2) is 3.81. The Morgan fingerprint density at radius 2 is 1.55 bits per heavy atom. The molecular weight excluding hydrogens is 154 g/mol. The Labute approximate surface area is 75.8 Å². The van der Waals surface area contributed by atoms with E-state index in [4.69, 9.17) is 0 Å². The second-order valence-corrected chi connectivity index (χ2v) is 6.90. The van der Waals surface area contributed by atoms with E-state index < -0.39 is 0 Å². The Morgan fingerprint density at radius 1 is 1.09 bits per heavy atom. The van der Waals surface area contributed by atoms with Gasteiger partial charge in [0.2, 0.25) is 0 Å². The second-order valence-electron chi connectivity index (χ2n) is 4.97. The van der Waals surface area contributed by atoms with Crippen LogP contribution in [0, 0.1) is 0 Å². The zero-order valence-corrected chi connectivity index (χ0v) is 9.59. The van der Waals surface area contributed by atoms with Crippen molar-refractivity contribution in [2.75, 3.05) is 33.4 Å². The molecule has 0 aromatic heterocycles. The van der Waals surface area contributed by atoms with Crippen LogP contribution in [0.3, 0.4) is 0 Å². The molecular formula is C9H22NS+. The smallest absolute Gasteiger partial charge is 0.0872 e. The van der Waals surface area contributed by atoms with E-state index >= 15 is 0 Å². The van der Waals surface area contributed by atoms with Crippen molar-refractivity contribution >= 4 is 11.8 Å². The van der Waals surface area contributed by atoms with Crippen LogP contribution in [0.5, 0.6) is 0 Å². The monoisotopic (exact) mass is 176 g/mol. The highest BCUT2D eigenvalue weighted by Gasteiger charge is 2.13. The van der Waals surface area contributed by atoms with Crippen LogP contribution in [-0.2, 0) is 0 Å². The van der Waals surface area contributed by atoms with Crippen molar-refractivity contribution in [3.63, 3.8) is 0 Å². The number of hydrogen-bond donors (Lipinski definition) is 0. The van der Waals surface area contributed by atoms with Gasteiger partial charge in [0.15, 0.2) is 0 Å². The van der Waals surface area contributed by atoms with Gasteiger partial charge >= 0.3 is 0 Å². The van der Waals surface area contributed by atoms with E-state index in [2.05, 4.69) is 41.9 Å². The molecule has 0 aliphatic heterocycles. The zero-order valence-electron chi connectivity index (χ0n) is 8.77. The van der Waals surface area contributed by atoms with E-state index in [0.717, 1.165) is 4.48 Å². The molecule has 0 saturated heterocycles. The summed E-state index contributed by atoms with van der Waals surface area (Å²) in [5, 5.41) is 0. The van der Waals surface area contributed by atoms with Crippen LogP contribution < -0.4 is 0 Å². The van der Waals surface area contributed by atoms with E-state index in [1.54, 1.807) is 0 Å². The van der Waals surface area contributed by atoms with Crippen molar-refractivity contribution in [2.24, 2.45) is 0 Å². The molecule has 0 aliphatic carbocycles. The molecule has 0 fully saturated rings. The lowest BCUT2D eigenvalue weighted by Gasteiger charge is -2.25. The third-order valence-electron chi connectivity index (χ3n) is 1.30. The van der Waals surface area contributed by atoms with Gasteiger partial charge in [0, 0.05) is 10.5 Å². The van der Waals surface area contributed by atoms with Gasteiger partial charge in [-0.1, -0.05) is 20.8 Å². The van der Waals surface area contributed by atoms with Gasteiger partial charge < -0.3 is 4.48 Å². The number of nitrogens with zero attached hydrogens (tertiary/aromatic N) is 1. The molecule has 0 aromatic carbocycles. The standard InChI is InChI=1S/C9H22NS/c1-9(2,3)11-8-7-10(4,5)6/h7-8H2,1-6H3/q+1. The van der Waals surface area contributed by atoms with Crippen molar-refractivity contribution in [3.05, 3.63) is 0 Å². The Bertz CT molecular complexity index is 93.7. The van der Waals surface area contributed by atoms with E-state index in [0.29, 0.717) is 4.75 Å². The quantitative estimate of drug-likeness (QED) is 0.594. The van der Waals surface area contributed by atoms with Crippen molar-refractivity contribution in [3.8, 4) is 0 Å². The molecule has 1 nitrogen and oxygen atoms in total. The topological polar surface area (TPSA) is 0 Å². The van der Waals surface area contributed by atoms with Crippen LogP contribution in [0.25, 0.3) is 0 Å². The van der Waals surface area contributed by atoms with Gasteiger partial charge in [-0.15, -0.1) is 0 Å². The Kier molecular flexibility index (Phi) is 3.92. The fraction of sp³-hybridized carbons (Fsp3) is 1.00.